The first kappa shape index (κ1) is 26.5. The van der Waals surface area contributed by atoms with Gasteiger partial charge >= 0.3 is 0 Å². The molecule has 11 heteroatoms. The van der Waals surface area contributed by atoms with Crippen LogP contribution in [0.5, 0.6) is 0 Å². The molecule has 0 bridgehead atoms. The summed E-state index contributed by atoms with van der Waals surface area (Å²) >= 11 is 0. The Balaban J connectivity index is 3.17. The van der Waals surface area contributed by atoms with Crippen LogP contribution in [0.1, 0.15) is 19.8 Å². The van der Waals surface area contributed by atoms with Gasteiger partial charge in [-0.25, -0.2) is 0 Å². The zero-order chi connectivity index (χ0) is 20.7. The third kappa shape index (κ3) is 22.6. The Bertz CT molecular complexity index is 409. The Labute approximate surface area is 166 Å². The van der Waals surface area contributed by atoms with Gasteiger partial charge in [0.1, 0.15) is 0 Å². The predicted molar refractivity (Wildman–Crippen MR) is 102 cm³/mol. The molecule has 1 amide bonds. The first-order chi connectivity index (χ1) is 13.7. The Morgan fingerprint density at radius 2 is 1.36 bits per heavy atom. The lowest BCUT2D eigenvalue weighted by Crippen LogP contribution is -2.17. The zero-order valence-corrected chi connectivity index (χ0v) is 16.8. The van der Waals surface area contributed by atoms with Crippen molar-refractivity contribution in [1.29, 1.82) is 0 Å². The van der Waals surface area contributed by atoms with Gasteiger partial charge in [0.25, 0.3) is 0 Å². The van der Waals surface area contributed by atoms with Gasteiger partial charge in [-0.3, -0.25) is 4.79 Å². The summed E-state index contributed by atoms with van der Waals surface area (Å²) < 4.78 is 32.2. The number of primary amides is 1. The molecule has 0 aliphatic carbocycles. The van der Waals surface area contributed by atoms with E-state index < -0.39 is 0 Å². The van der Waals surface area contributed by atoms with Crippen LogP contribution in [0.3, 0.4) is 0 Å². The van der Waals surface area contributed by atoms with Gasteiger partial charge in [0.2, 0.25) is 5.91 Å². The first-order valence-electron chi connectivity index (χ1n) is 9.46. The number of rotatable bonds is 22. The molecule has 0 saturated heterocycles. The lowest BCUT2D eigenvalue weighted by atomic mass is 10.3. The van der Waals surface area contributed by atoms with E-state index in [9.17, 15) is 4.79 Å². The van der Waals surface area contributed by atoms with E-state index in [1.807, 2.05) is 6.92 Å². The van der Waals surface area contributed by atoms with E-state index in [4.69, 9.17) is 39.7 Å². The van der Waals surface area contributed by atoms with Gasteiger partial charge in [-0.1, -0.05) is 5.11 Å². The minimum atomic E-state index is -0.372. The molecule has 0 heterocycles. The van der Waals surface area contributed by atoms with E-state index in [0.717, 1.165) is 6.42 Å². The van der Waals surface area contributed by atoms with Gasteiger partial charge in [0.05, 0.1) is 72.2 Å². The Morgan fingerprint density at radius 3 is 1.93 bits per heavy atom. The number of azide groups is 1. The van der Waals surface area contributed by atoms with E-state index in [1.165, 1.54) is 0 Å². The lowest BCUT2D eigenvalue weighted by molar-refractivity contribution is -0.119. The molecule has 0 rings (SSSR count). The van der Waals surface area contributed by atoms with Crippen molar-refractivity contribution >= 4 is 5.91 Å². The second-order valence-electron chi connectivity index (χ2n) is 5.70. The fourth-order valence-electron chi connectivity index (χ4n) is 1.83. The lowest BCUT2D eigenvalue weighted by Gasteiger charge is -2.13. The first-order valence-corrected chi connectivity index (χ1v) is 9.46. The molecule has 11 nitrogen and oxygen atoms in total. The molecule has 0 aromatic carbocycles. The molecule has 2 N–H and O–H groups in total. The number of carbonyl (C=O) groups is 1. The smallest absolute Gasteiger partial charge is 0.219 e. The maximum Gasteiger partial charge on any atom is 0.219 e. The van der Waals surface area contributed by atoms with Gasteiger partial charge in [0, 0.05) is 24.5 Å². The van der Waals surface area contributed by atoms with Crippen molar-refractivity contribution < 1.29 is 33.2 Å². The highest BCUT2D eigenvalue weighted by molar-refractivity contribution is 5.73. The minimum Gasteiger partial charge on any atom is -0.379 e. The van der Waals surface area contributed by atoms with E-state index >= 15 is 0 Å². The van der Waals surface area contributed by atoms with Crippen LogP contribution in [0.2, 0.25) is 0 Å². The third-order valence-electron chi connectivity index (χ3n) is 3.31. The highest BCUT2D eigenvalue weighted by Gasteiger charge is 2.02. The van der Waals surface area contributed by atoms with Crippen LogP contribution >= 0.6 is 0 Å². The standard InChI is InChI=1S/C17H34N4O7/c1-16(2-5-23-8-10-25-7-4-20-21-19)28-15-14-27-13-12-26-11-9-24-6-3-17(18)22/h16H,2-15H2,1H3,(H2,18,22). The van der Waals surface area contributed by atoms with Crippen LogP contribution in [0.25, 0.3) is 10.4 Å². The molecule has 0 aliphatic heterocycles. The van der Waals surface area contributed by atoms with E-state index in [0.29, 0.717) is 79.2 Å². The fraction of sp³-hybridized carbons (Fsp3) is 0.941. The fourth-order valence-corrected chi connectivity index (χ4v) is 1.83. The minimum absolute atomic E-state index is 0.0864. The van der Waals surface area contributed by atoms with E-state index in [2.05, 4.69) is 10.0 Å². The average molecular weight is 406 g/mol. The largest absolute Gasteiger partial charge is 0.379 e. The van der Waals surface area contributed by atoms with Crippen molar-refractivity contribution in [2.24, 2.45) is 10.8 Å². The molecule has 0 aliphatic rings. The van der Waals surface area contributed by atoms with Gasteiger partial charge in [-0.2, -0.15) is 0 Å². The molecule has 1 atom stereocenters. The highest BCUT2D eigenvalue weighted by atomic mass is 16.6. The van der Waals surface area contributed by atoms with Gasteiger partial charge in [-0.15, -0.1) is 0 Å². The van der Waals surface area contributed by atoms with Crippen LogP contribution in [-0.2, 0) is 33.2 Å². The summed E-state index contributed by atoms with van der Waals surface area (Å²) in [6.45, 7) is 7.49. The number of ether oxygens (including phenoxy) is 6. The molecule has 164 valence electrons. The van der Waals surface area contributed by atoms with Crippen molar-refractivity contribution in [3.8, 4) is 0 Å². The Morgan fingerprint density at radius 1 is 0.857 bits per heavy atom. The Kier molecular flexibility index (Phi) is 20.7. The Hall–Kier alpha value is -1.46. The number of amides is 1. The molecule has 0 radical (unpaired) electrons. The highest BCUT2D eigenvalue weighted by Crippen LogP contribution is 1.98. The number of hydrogen-bond acceptors (Lipinski definition) is 8. The number of carbonyl (C=O) groups excluding carboxylic acids is 1. The molecular weight excluding hydrogens is 372 g/mol. The summed E-state index contributed by atoms with van der Waals surface area (Å²) in [4.78, 5) is 13.1. The van der Waals surface area contributed by atoms with Gasteiger partial charge in [0.15, 0.2) is 0 Å². The summed E-state index contributed by atoms with van der Waals surface area (Å²) in [6.07, 6.45) is 1.10. The van der Waals surface area contributed by atoms with Crippen LogP contribution < -0.4 is 5.73 Å². The SMILES string of the molecule is CC(CCOCCOCCN=[N+]=[N-])OCCOCCOCCOCCC(N)=O. The monoisotopic (exact) mass is 406 g/mol. The molecule has 0 fully saturated rings. The van der Waals surface area contributed by atoms with Crippen molar-refractivity contribution in [3.05, 3.63) is 10.4 Å². The quantitative estimate of drug-likeness (QED) is 0.122. The van der Waals surface area contributed by atoms with Crippen molar-refractivity contribution in [2.45, 2.75) is 25.9 Å². The third-order valence-corrected chi connectivity index (χ3v) is 3.31. The summed E-state index contributed by atoms with van der Waals surface area (Å²) in [5, 5.41) is 3.37. The van der Waals surface area contributed by atoms with Gasteiger partial charge in [-0.05, 0) is 18.9 Å². The maximum absolute atomic E-state index is 10.5. The molecule has 0 aromatic rings. The molecule has 28 heavy (non-hydrogen) atoms. The van der Waals surface area contributed by atoms with E-state index in [-0.39, 0.29) is 18.4 Å². The van der Waals surface area contributed by atoms with Gasteiger partial charge < -0.3 is 34.2 Å². The summed E-state index contributed by atoms with van der Waals surface area (Å²) in [6, 6.07) is 0. The molecule has 0 aromatic heterocycles. The molecule has 0 saturated carbocycles. The second-order valence-corrected chi connectivity index (χ2v) is 5.70. The predicted octanol–water partition coefficient (Wildman–Crippen LogP) is 1.05. The summed E-state index contributed by atoms with van der Waals surface area (Å²) in [5.74, 6) is -0.372. The number of hydrogen-bond donors (Lipinski definition) is 1. The van der Waals surface area contributed by atoms with Crippen LogP contribution in [0.4, 0.5) is 0 Å². The average Bonchev–Trinajstić information content (AvgIpc) is 2.67. The summed E-state index contributed by atoms with van der Waals surface area (Å²) in [7, 11) is 0. The number of nitrogens with two attached hydrogens (primary N) is 1. The molecule has 0 spiro atoms. The topological polar surface area (TPSA) is 147 Å². The zero-order valence-electron chi connectivity index (χ0n) is 16.8. The summed E-state index contributed by atoms with van der Waals surface area (Å²) in [5.41, 5.74) is 13.1. The second kappa shape index (κ2) is 21.8. The van der Waals surface area contributed by atoms with Crippen LogP contribution in [-0.4, -0.2) is 91.2 Å². The van der Waals surface area contributed by atoms with E-state index in [1.54, 1.807) is 0 Å². The molecule has 1 unspecified atom stereocenters. The van der Waals surface area contributed by atoms with Crippen molar-refractivity contribution in [2.75, 3.05) is 79.2 Å². The van der Waals surface area contributed by atoms with Crippen molar-refractivity contribution in [3.63, 3.8) is 0 Å². The maximum atomic E-state index is 10.5. The normalized spacial score (nSPS) is 11.9. The van der Waals surface area contributed by atoms with Crippen LogP contribution in [0.15, 0.2) is 5.11 Å². The number of nitrogens with zero attached hydrogens (tertiary/aromatic N) is 3. The molecular formula is C17H34N4O7. The van der Waals surface area contributed by atoms with Crippen LogP contribution in [0, 0.1) is 0 Å². The van der Waals surface area contributed by atoms with Crippen molar-refractivity contribution in [1.82, 2.24) is 0 Å².